The monoisotopic (exact) mass is 290 g/mol. The number of aliphatic carboxylic acids is 1. The third-order valence-corrected chi connectivity index (χ3v) is 3.58. The Kier molecular flexibility index (Phi) is 5.05. The Morgan fingerprint density at radius 3 is 2.67 bits per heavy atom. The Morgan fingerprint density at radius 2 is 2.05 bits per heavy atom. The maximum atomic E-state index is 12.4. The third kappa shape index (κ3) is 4.13. The highest BCUT2D eigenvalue weighted by Crippen LogP contribution is 2.18. The van der Waals surface area contributed by atoms with E-state index in [0.717, 1.165) is 18.9 Å². The number of likely N-dealkylation sites (tertiary alicyclic amines) is 1. The Bertz CT molecular complexity index is 548. The molecule has 6 heteroatoms. The van der Waals surface area contributed by atoms with Crippen LogP contribution in [0.3, 0.4) is 0 Å². The van der Waals surface area contributed by atoms with E-state index in [1.807, 2.05) is 0 Å². The molecular weight excluding hydrogens is 272 g/mol. The second-order valence-corrected chi connectivity index (χ2v) is 5.10. The molecule has 0 atom stereocenters. The van der Waals surface area contributed by atoms with Gasteiger partial charge in [-0.25, -0.2) is 4.79 Å². The minimum Gasteiger partial charge on any atom is -0.478 e. The standard InChI is InChI=1S/C15H18N2O4/c18-10-11-3-5-17(6-4-11)15(21)13-7-12(8-16-9-13)1-2-14(19)20/h1-2,7-9,11,18H,3-6,10H2,(H,19,20). The summed E-state index contributed by atoms with van der Waals surface area (Å²) in [5.74, 6) is -0.876. The summed E-state index contributed by atoms with van der Waals surface area (Å²) in [5.41, 5.74) is 1.03. The van der Waals surface area contributed by atoms with Gasteiger partial charge < -0.3 is 15.1 Å². The molecule has 0 saturated carbocycles. The average Bonchev–Trinajstić information content (AvgIpc) is 2.52. The fourth-order valence-corrected chi connectivity index (χ4v) is 2.33. The summed E-state index contributed by atoms with van der Waals surface area (Å²) in [6.07, 6.45) is 7.01. The van der Waals surface area contributed by atoms with E-state index in [1.54, 1.807) is 11.0 Å². The number of hydrogen-bond acceptors (Lipinski definition) is 4. The van der Waals surface area contributed by atoms with E-state index >= 15 is 0 Å². The van der Waals surface area contributed by atoms with E-state index in [4.69, 9.17) is 10.2 Å². The summed E-state index contributed by atoms with van der Waals surface area (Å²) >= 11 is 0. The van der Waals surface area contributed by atoms with Crippen LogP contribution in [0.1, 0.15) is 28.8 Å². The van der Waals surface area contributed by atoms with E-state index in [-0.39, 0.29) is 18.4 Å². The Labute approximate surface area is 122 Å². The Hall–Kier alpha value is -2.21. The smallest absolute Gasteiger partial charge is 0.328 e. The first-order valence-electron chi connectivity index (χ1n) is 6.86. The molecule has 1 aromatic heterocycles. The number of carbonyl (C=O) groups is 2. The lowest BCUT2D eigenvalue weighted by Gasteiger charge is -2.31. The van der Waals surface area contributed by atoms with Crippen LogP contribution in [0.15, 0.2) is 24.5 Å². The summed E-state index contributed by atoms with van der Waals surface area (Å²) in [5, 5.41) is 17.7. The molecule has 0 bridgehead atoms. The van der Waals surface area contributed by atoms with Gasteiger partial charge in [-0.05, 0) is 36.5 Å². The van der Waals surface area contributed by atoms with Crippen molar-refractivity contribution in [1.29, 1.82) is 0 Å². The lowest BCUT2D eigenvalue weighted by atomic mass is 9.97. The number of rotatable bonds is 4. The maximum Gasteiger partial charge on any atom is 0.328 e. The van der Waals surface area contributed by atoms with Gasteiger partial charge >= 0.3 is 5.97 Å². The van der Waals surface area contributed by atoms with Crippen LogP contribution < -0.4 is 0 Å². The summed E-state index contributed by atoms with van der Waals surface area (Å²) < 4.78 is 0. The first kappa shape index (κ1) is 15.2. The first-order chi connectivity index (χ1) is 10.1. The van der Waals surface area contributed by atoms with Crippen molar-refractivity contribution in [3.05, 3.63) is 35.7 Å². The minimum absolute atomic E-state index is 0.107. The van der Waals surface area contributed by atoms with Crippen molar-refractivity contribution in [3.8, 4) is 0 Å². The van der Waals surface area contributed by atoms with Crippen molar-refractivity contribution in [3.63, 3.8) is 0 Å². The molecule has 0 aromatic carbocycles. The number of nitrogens with zero attached hydrogens (tertiary/aromatic N) is 2. The number of aromatic nitrogens is 1. The molecule has 2 rings (SSSR count). The fraction of sp³-hybridized carbons (Fsp3) is 0.400. The lowest BCUT2D eigenvalue weighted by molar-refractivity contribution is -0.131. The van der Waals surface area contributed by atoms with Crippen molar-refractivity contribution in [2.75, 3.05) is 19.7 Å². The predicted molar refractivity (Wildman–Crippen MR) is 76.6 cm³/mol. The van der Waals surface area contributed by atoms with E-state index in [1.165, 1.54) is 18.5 Å². The van der Waals surface area contributed by atoms with Crippen molar-refractivity contribution >= 4 is 18.0 Å². The van der Waals surface area contributed by atoms with Gasteiger partial charge in [-0.15, -0.1) is 0 Å². The maximum absolute atomic E-state index is 12.4. The molecule has 1 aromatic rings. The second-order valence-electron chi connectivity index (χ2n) is 5.10. The van der Waals surface area contributed by atoms with Crippen molar-refractivity contribution < 1.29 is 19.8 Å². The highest BCUT2D eigenvalue weighted by atomic mass is 16.4. The molecule has 1 fully saturated rings. The van der Waals surface area contributed by atoms with Gasteiger partial charge in [-0.2, -0.15) is 0 Å². The summed E-state index contributed by atoms with van der Waals surface area (Å²) in [6, 6.07) is 1.63. The molecule has 2 heterocycles. The van der Waals surface area contributed by atoms with E-state index in [9.17, 15) is 9.59 Å². The average molecular weight is 290 g/mol. The van der Waals surface area contributed by atoms with Crippen LogP contribution in [0.25, 0.3) is 6.08 Å². The lowest BCUT2D eigenvalue weighted by Crippen LogP contribution is -2.39. The zero-order chi connectivity index (χ0) is 15.2. The van der Waals surface area contributed by atoms with E-state index < -0.39 is 5.97 Å². The number of carboxylic acid groups (broad SMARTS) is 1. The van der Waals surface area contributed by atoms with Gasteiger partial charge in [0.05, 0.1) is 5.56 Å². The number of aliphatic hydroxyl groups excluding tert-OH is 1. The van der Waals surface area contributed by atoms with Crippen LogP contribution in [0.4, 0.5) is 0 Å². The molecule has 0 radical (unpaired) electrons. The normalized spacial score (nSPS) is 16.3. The van der Waals surface area contributed by atoms with Crippen LogP contribution in [-0.4, -0.2) is 51.7 Å². The molecular formula is C15H18N2O4. The fourth-order valence-electron chi connectivity index (χ4n) is 2.33. The van der Waals surface area contributed by atoms with Gasteiger partial charge in [0.15, 0.2) is 0 Å². The number of carboxylic acids is 1. The Balaban J connectivity index is 2.06. The molecule has 0 spiro atoms. The number of amides is 1. The van der Waals surface area contributed by atoms with Gasteiger partial charge in [-0.3, -0.25) is 9.78 Å². The van der Waals surface area contributed by atoms with Crippen LogP contribution >= 0.6 is 0 Å². The van der Waals surface area contributed by atoms with E-state index in [0.29, 0.717) is 24.2 Å². The van der Waals surface area contributed by atoms with Gasteiger partial charge in [0.2, 0.25) is 0 Å². The Morgan fingerprint density at radius 1 is 1.33 bits per heavy atom. The topological polar surface area (TPSA) is 90.7 Å². The predicted octanol–water partition coefficient (Wildman–Crippen LogP) is 1.02. The molecule has 1 saturated heterocycles. The SMILES string of the molecule is O=C(O)C=Cc1cncc(C(=O)N2CCC(CO)CC2)c1. The molecule has 1 aliphatic rings. The van der Waals surface area contributed by atoms with Gasteiger partial charge in [-0.1, -0.05) is 0 Å². The number of hydrogen-bond donors (Lipinski definition) is 2. The van der Waals surface area contributed by atoms with Crippen LogP contribution in [0, 0.1) is 5.92 Å². The number of aliphatic hydroxyl groups is 1. The summed E-state index contributed by atoms with van der Waals surface area (Å²) in [7, 11) is 0. The van der Waals surface area contributed by atoms with Gasteiger partial charge in [0.25, 0.3) is 5.91 Å². The number of piperidine rings is 1. The van der Waals surface area contributed by atoms with Crippen molar-refractivity contribution in [2.24, 2.45) is 5.92 Å². The molecule has 2 N–H and O–H groups in total. The van der Waals surface area contributed by atoms with Crippen molar-refractivity contribution in [1.82, 2.24) is 9.88 Å². The van der Waals surface area contributed by atoms with E-state index in [2.05, 4.69) is 4.98 Å². The van der Waals surface area contributed by atoms with Crippen LogP contribution in [0.2, 0.25) is 0 Å². The van der Waals surface area contributed by atoms with Crippen molar-refractivity contribution in [2.45, 2.75) is 12.8 Å². The quantitative estimate of drug-likeness (QED) is 0.808. The summed E-state index contributed by atoms with van der Waals surface area (Å²) in [6.45, 7) is 1.41. The molecule has 21 heavy (non-hydrogen) atoms. The van der Waals surface area contributed by atoms with Gasteiger partial charge in [0, 0.05) is 38.2 Å². The van der Waals surface area contributed by atoms with Gasteiger partial charge in [0.1, 0.15) is 0 Å². The molecule has 1 aliphatic heterocycles. The molecule has 1 amide bonds. The second kappa shape index (κ2) is 6.99. The first-order valence-corrected chi connectivity index (χ1v) is 6.86. The molecule has 112 valence electrons. The zero-order valence-electron chi connectivity index (χ0n) is 11.6. The number of pyridine rings is 1. The zero-order valence-corrected chi connectivity index (χ0v) is 11.6. The third-order valence-electron chi connectivity index (χ3n) is 3.58. The molecule has 0 unspecified atom stereocenters. The molecule has 6 nitrogen and oxygen atoms in total. The highest BCUT2D eigenvalue weighted by molar-refractivity contribution is 5.94. The largest absolute Gasteiger partial charge is 0.478 e. The molecule has 0 aliphatic carbocycles. The highest BCUT2D eigenvalue weighted by Gasteiger charge is 2.23. The summed E-state index contributed by atoms with van der Waals surface area (Å²) in [4.78, 5) is 28.6. The number of carbonyl (C=O) groups excluding carboxylic acids is 1. The van der Waals surface area contributed by atoms with Crippen LogP contribution in [0.5, 0.6) is 0 Å². The van der Waals surface area contributed by atoms with Crippen LogP contribution in [-0.2, 0) is 4.79 Å². The minimum atomic E-state index is -1.04.